The lowest BCUT2D eigenvalue weighted by Gasteiger charge is -1.99. The number of aliphatic imine (C=N–C) groups is 1. The highest BCUT2D eigenvalue weighted by molar-refractivity contribution is 6.12. The lowest BCUT2D eigenvalue weighted by atomic mass is 10.2. The maximum absolute atomic E-state index is 11.8. The molecule has 0 fully saturated rings. The molecule has 1 aliphatic heterocycles. The summed E-state index contributed by atoms with van der Waals surface area (Å²) >= 11 is 0. The van der Waals surface area contributed by atoms with Gasteiger partial charge in [0.2, 0.25) is 5.90 Å². The van der Waals surface area contributed by atoms with Gasteiger partial charge in [0.15, 0.2) is 5.70 Å². The van der Waals surface area contributed by atoms with E-state index >= 15 is 0 Å². The molecule has 2 heterocycles. The molecule has 1 aromatic heterocycles. The third-order valence-electron chi connectivity index (χ3n) is 2.97. The second-order valence-corrected chi connectivity index (χ2v) is 4.35. The van der Waals surface area contributed by atoms with Crippen molar-refractivity contribution in [1.82, 2.24) is 4.98 Å². The molecule has 21 heavy (non-hydrogen) atoms. The number of cyclic esters (lactones) is 1. The zero-order valence-electron chi connectivity index (χ0n) is 11.3. The van der Waals surface area contributed by atoms with E-state index in [1.165, 1.54) is 0 Å². The second-order valence-electron chi connectivity index (χ2n) is 4.35. The van der Waals surface area contributed by atoms with Crippen molar-refractivity contribution in [1.29, 1.82) is 0 Å². The smallest absolute Gasteiger partial charge is 0.363 e. The van der Waals surface area contributed by atoms with Crippen molar-refractivity contribution in [2.45, 2.75) is 0 Å². The van der Waals surface area contributed by atoms with Crippen molar-refractivity contribution in [3.8, 4) is 5.75 Å². The van der Waals surface area contributed by atoms with Gasteiger partial charge in [-0.1, -0.05) is 12.1 Å². The van der Waals surface area contributed by atoms with E-state index in [0.717, 1.165) is 16.9 Å². The Balaban J connectivity index is 1.89. The molecular weight excluding hydrogens is 268 g/mol. The fourth-order valence-electron chi connectivity index (χ4n) is 1.89. The van der Waals surface area contributed by atoms with E-state index in [0.29, 0.717) is 5.90 Å². The van der Waals surface area contributed by atoms with Gasteiger partial charge in [-0.25, -0.2) is 9.79 Å². The topological polar surface area (TPSA) is 60.8 Å². The van der Waals surface area contributed by atoms with Gasteiger partial charge < -0.3 is 9.47 Å². The van der Waals surface area contributed by atoms with Crippen LogP contribution < -0.4 is 4.74 Å². The Kier molecular flexibility index (Phi) is 3.47. The first-order valence-corrected chi connectivity index (χ1v) is 6.33. The maximum Gasteiger partial charge on any atom is 0.363 e. The third-order valence-corrected chi connectivity index (χ3v) is 2.97. The van der Waals surface area contributed by atoms with Gasteiger partial charge in [0.05, 0.1) is 7.11 Å². The number of carbonyl (C=O) groups excluding carboxylic acids is 1. The van der Waals surface area contributed by atoms with Crippen LogP contribution >= 0.6 is 0 Å². The Hall–Kier alpha value is -2.95. The lowest BCUT2D eigenvalue weighted by Crippen LogP contribution is -2.05. The molecule has 0 radical (unpaired) electrons. The van der Waals surface area contributed by atoms with E-state index in [2.05, 4.69) is 9.98 Å². The van der Waals surface area contributed by atoms with E-state index < -0.39 is 5.97 Å². The van der Waals surface area contributed by atoms with Crippen LogP contribution in [0.5, 0.6) is 5.75 Å². The monoisotopic (exact) mass is 280 g/mol. The Morgan fingerprint density at radius 1 is 1.10 bits per heavy atom. The van der Waals surface area contributed by atoms with Crippen LogP contribution in [-0.2, 0) is 9.53 Å². The quantitative estimate of drug-likeness (QED) is 0.640. The van der Waals surface area contributed by atoms with Crippen LogP contribution in [0.4, 0.5) is 0 Å². The summed E-state index contributed by atoms with van der Waals surface area (Å²) in [6.45, 7) is 0. The average Bonchev–Trinajstić information content (AvgIpc) is 2.90. The van der Waals surface area contributed by atoms with Crippen LogP contribution in [-0.4, -0.2) is 24.0 Å². The van der Waals surface area contributed by atoms with E-state index in [-0.39, 0.29) is 5.70 Å². The number of methoxy groups -OCH3 is 1. The number of ether oxygens (including phenoxy) is 2. The van der Waals surface area contributed by atoms with Crippen LogP contribution in [0, 0.1) is 0 Å². The van der Waals surface area contributed by atoms with Crippen molar-refractivity contribution in [3.63, 3.8) is 0 Å². The first-order chi connectivity index (χ1) is 10.3. The second kappa shape index (κ2) is 5.58. The third kappa shape index (κ3) is 2.81. The van der Waals surface area contributed by atoms with Crippen LogP contribution in [0.15, 0.2) is 59.5 Å². The molecule has 1 aromatic carbocycles. The summed E-state index contributed by atoms with van der Waals surface area (Å²) < 4.78 is 10.3. The minimum Gasteiger partial charge on any atom is -0.497 e. The number of hydrogen-bond donors (Lipinski definition) is 0. The van der Waals surface area contributed by atoms with Crippen molar-refractivity contribution in [2.24, 2.45) is 4.99 Å². The zero-order chi connectivity index (χ0) is 14.7. The Bertz CT molecular complexity index is 719. The average molecular weight is 280 g/mol. The number of rotatable bonds is 3. The van der Waals surface area contributed by atoms with Crippen LogP contribution in [0.2, 0.25) is 0 Å². The molecule has 5 heteroatoms. The normalized spacial score (nSPS) is 15.8. The molecule has 0 unspecified atom stereocenters. The molecule has 3 rings (SSSR count). The molecule has 0 saturated heterocycles. The summed E-state index contributed by atoms with van der Waals surface area (Å²) in [7, 11) is 1.60. The molecule has 0 spiro atoms. The highest BCUT2D eigenvalue weighted by Crippen LogP contribution is 2.20. The number of hydrogen-bond acceptors (Lipinski definition) is 5. The molecule has 0 saturated carbocycles. The first-order valence-electron chi connectivity index (χ1n) is 6.33. The van der Waals surface area contributed by atoms with E-state index in [1.54, 1.807) is 37.7 Å². The number of aromatic nitrogens is 1. The Morgan fingerprint density at radius 2 is 1.81 bits per heavy atom. The van der Waals surface area contributed by atoms with Gasteiger partial charge >= 0.3 is 5.97 Å². The molecule has 1 aliphatic rings. The summed E-state index contributed by atoms with van der Waals surface area (Å²) in [5.74, 6) is 0.590. The largest absolute Gasteiger partial charge is 0.497 e. The minimum absolute atomic E-state index is 0.270. The van der Waals surface area contributed by atoms with Gasteiger partial charge in [0.1, 0.15) is 5.75 Å². The molecule has 0 amide bonds. The maximum atomic E-state index is 11.8. The van der Waals surface area contributed by atoms with Crippen molar-refractivity contribution in [2.75, 3.05) is 7.11 Å². The van der Waals surface area contributed by atoms with Crippen molar-refractivity contribution in [3.05, 3.63) is 65.6 Å². The number of pyridine rings is 1. The molecule has 0 N–H and O–H groups in total. The fourth-order valence-corrected chi connectivity index (χ4v) is 1.89. The van der Waals surface area contributed by atoms with Crippen molar-refractivity contribution >= 4 is 17.9 Å². The number of benzene rings is 1. The molecule has 2 aromatic rings. The fraction of sp³-hybridized carbons (Fsp3) is 0.0625. The molecule has 5 nitrogen and oxygen atoms in total. The summed E-state index contributed by atoms with van der Waals surface area (Å²) in [4.78, 5) is 20.0. The zero-order valence-corrected chi connectivity index (χ0v) is 11.3. The standard InChI is InChI=1S/C16H12N2O3/c1-20-13-4-2-11(3-5-13)10-14-16(19)21-15(18-14)12-6-8-17-9-7-12/h2-10H,1H3/b14-10-. The van der Waals surface area contributed by atoms with Crippen LogP contribution in [0.25, 0.3) is 6.08 Å². The summed E-state index contributed by atoms with van der Waals surface area (Å²) in [5.41, 5.74) is 1.84. The van der Waals surface area contributed by atoms with E-state index in [9.17, 15) is 4.79 Å². The van der Waals surface area contributed by atoms with Gasteiger partial charge in [-0.2, -0.15) is 0 Å². The lowest BCUT2D eigenvalue weighted by molar-refractivity contribution is -0.129. The number of nitrogens with zero attached hydrogens (tertiary/aromatic N) is 2. The highest BCUT2D eigenvalue weighted by atomic mass is 16.6. The van der Waals surface area contributed by atoms with Gasteiger partial charge in [-0.05, 0) is 35.9 Å². The SMILES string of the molecule is COc1ccc(/C=C2\N=C(c3ccncc3)OC2=O)cc1. The van der Waals surface area contributed by atoms with Crippen molar-refractivity contribution < 1.29 is 14.3 Å². The Labute approximate surface area is 121 Å². The predicted molar refractivity (Wildman–Crippen MR) is 77.8 cm³/mol. The molecule has 0 bridgehead atoms. The van der Waals surface area contributed by atoms with Gasteiger partial charge in [-0.15, -0.1) is 0 Å². The van der Waals surface area contributed by atoms with Gasteiger partial charge in [0, 0.05) is 18.0 Å². The number of carbonyl (C=O) groups is 1. The summed E-state index contributed by atoms with van der Waals surface area (Å²) in [5, 5.41) is 0. The van der Waals surface area contributed by atoms with E-state index in [4.69, 9.17) is 9.47 Å². The summed E-state index contributed by atoms with van der Waals surface area (Å²) in [6, 6.07) is 10.8. The molecular formula is C16H12N2O3. The number of esters is 1. The minimum atomic E-state index is -0.461. The predicted octanol–water partition coefficient (Wildman–Crippen LogP) is 2.43. The Morgan fingerprint density at radius 3 is 2.48 bits per heavy atom. The first kappa shape index (κ1) is 13.1. The molecule has 104 valence electrons. The van der Waals surface area contributed by atoms with Crippen LogP contribution in [0.1, 0.15) is 11.1 Å². The van der Waals surface area contributed by atoms with E-state index in [1.807, 2.05) is 24.3 Å². The van der Waals surface area contributed by atoms with Crippen LogP contribution in [0.3, 0.4) is 0 Å². The highest BCUT2D eigenvalue weighted by Gasteiger charge is 2.23. The van der Waals surface area contributed by atoms with Gasteiger partial charge in [-0.3, -0.25) is 4.98 Å². The van der Waals surface area contributed by atoms with Gasteiger partial charge in [0.25, 0.3) is 0 Å². The molecule has 0 atom stereocenters. The summed E-state index contributed by atoms with van der Waals surface area (Å²) in [6.07, 6.45) is 4.92. The molecule has 0 aliphatic carbocycles.